The smallest absolute Gasteiger partial charge is 0.312 e. The van der Waals surface area contributed by atoms with Gasteiger partial charge in [-0.05, 0) is 45.4 Å². The van der Waals surface area contributed by atoms with Gasteiger partial charge < -0.3 is 21.3 Å². The van der Waals surface area contributed by atoms with Gasteiger partial charge in [-0.3, -0.25) is 0 Å². The van der Waals surface area contributed by atoms with Gasteiger partial charge in [-0.2, -0.15) is 0 Å². The molecule has 0 aromatic carbocycles. The van der Waals surface area contributed by atoms with Gasteiger partial charge >= 0.3 is 6.03 Å². The number of urea groups is 1. The van der Waals surface area contributed by atoms with E-state index in [-0.39, 0.29) is 0 Å². The van der Waals surface area contributed by atoms with Gasteiger partial charge in [0.1, 0.15) is 0 Å². The lowest BCUT2D eigenvalue weighted by molar-refractivity contribution is 0.216. The van der Waals surface area contributed by atoms with Crippen molar-refractivity contribution in [1.82, 2.24) is 15.5 Å². The lowest BCUT2D eigenvalue weighted by Gasteiger charge is -2.29. The molecular weight excluding hydrogens is 192 g/mol. The molecule has 0 aromatic rings. The Bertz CT molecular complexity index is 190. The number of hydrogen-bond donors (Lipinski definition) is 3. The van der Waals surface area contributed by atoms with Crippen LogP contribution in [0, 0.1) is 5.92 Å². The van der Waals surface area contributed by atoms with E-state index >= 15 is 0 Å². The van der Waals surface area contributed by atoms with Gasteiger partial charge in [0.15, 0.2) is 0 Å². The van der Waals surface area contributed by atoms with Gasteiger partial charge in [0.05, 0.1) is 0 Å². The molecule has 0 aromatic heterocycles. The van der Waals surface area contributed by atoms with Gasteiger partial charge in [0.25, 0.3) is 0 Å². The van der Waals surface area contributed by atoms with E-state index < -0.39 is 6.03 Å². The molecule has 1 saturated heterocycles. The number of carbonyl (C=O) groups excluding carboxylic acids is 1. The summed E-state index contributed by atoms with van der Waals surface area (Å²) in [6.45, 7) is 4.86. The Hall–Kier alpha value is -0.810. The van der Waals surface area contributed by atoms with Crippen molar-refractivity contribution in [3.8, 4) is 0 Å². The highest BCUT2D eigenvalue weighted by Crippen LogP contribution is 2.14. The lowest BCUT2D eigenvalue weighted by atomic mass is 9.97. The van der Waals surface area contributed by atoms with Crippen molar-refractivity contribution in [2.45, 2.75) is 12.8 Å². The summed E-state index contributed by atoms with van der Waals surface area (Å²) < 4.78 is 0. The van der Waals surface area contributed by atoms with Crippen molar-refractivity contribution in [3.63, 3.8) is 0 Å². The molecule has 1 rings (SSSR count). The van der Waals surface area contributed by atoms with E-state index in [9.17, 15) is 4.79 Å². The predicted molar refractivity (Wildman–Crippen MR) is 60.7 cm³/mol. The second-order valence-electron chi connectivity index (χ2n) is 4.24. The largest absolute Gasteiger partial charge is 0.352 e. The van der Waals surface area contributed by atoms with Crippen LogP contribution < -0.4 is 16.4 Å². The standard InChI is InChI=1S/C10H22N4O/c1-14-6-2-9(3-7-14)8-12-4-5-13-10(11)15/h9,12H,2-8H2,1H3,(H3,11,13,15). The first-order valence-corrected chi connectivity index (χ1v) is 5.61. The summed E-state index contributed by atoms with van der Waals surface area (Å²) in [5.41, 5.74) is 4.95. The average Bonchev–Trinajstić information content (AvgIpc) is 2.20. The van der Waals surface area contributed by atoms with Crippen LogP contribution in [0.5, 0.6) is 0 Å². The highest BCUT2D eigenvalue weighted by Gasteiger charge is 2.15. The summed E-state index contributed by atoms with van der Waals surface area (Å²) in [6.07, 6.45) is 2.54. The summed E-state index contributed by atoms with van der Waals surface area (Å²) >= 11 is 0. The van der Waals surface area contributed by atoms with E-state index in [2.05, 4.69) is 22.6 Å². The molecule has 0 aliphatic carbocycles. The van der Waals surface area contributed by atoms with Crippen molar-refractivity contribution < 1.29 is 4.79 Å². The number of amides is 2. The van der Waals surface area contributed by atoms with Crippen LogP contribution in [0.1, 0.15) is 12.8 Å². The first-order chi connectivity index (χ1) is 7.18. The molecule has 0 atom stereocenters. The van der Waals surface area contributed by atoms with Crippen molar-refractivity contribution in [3.05, 3.63) is 0 Å². The van der Waals surface area contributed by atoms with E-state index in [4.69, 9.17) is 5.73 Å². The Labute approximate surface area is 91.4 Å². The number of nitrogens with two attached hydrogens (primary N) is 1. The van der Waals surface area contributed by atoms with Crippen molar-refractivity contribution in [1.29, 1.82) is 0 Å². The Balaban J connectivity index is 1.94. The van der Waals surface area contributed by atoms with E-state index in [1.54, 1.807) is 0 Å². The highest BCUT2D eigenvalue weighted by molar-refractivity contribution is 5.71. The summed E-state index contributed by atoms with van der Waals surface area (Å²) in [5, 5.41) is 5.89. The molecule has 1 heterocycles. The number of nitrogens with zero attached hydrogens (tertiary/aromatic N) is 1. The molecule has 0 saturated carbocycles. The molecule has 1 aliphatic heterocycles. The van der Waals surface area contributed by atoms with Crippen LogP contribution in [-0.2, 0) is 0 Å². The quantitative estimate of drug-likeness (QED) is 0.545. The zero-order valence-corrected chi connectivity index (χ0v) is 9.46. The number of nitrogens with one attached hydrogen (secondary N) is 2. The fraction of sp³-hybridized carbons (Fsp3) is 0.900. The van der Waals surface area contributed by atoms with Crippen molar-refractivity contribution in [2.75, 3.05) is 39.8 Å². The fourth-order valence-corrected chi connectivity index (χ4v) is 1.85. The molecule has 15 heavy (non-hydrogen) atoms. The highest BCUT2D eigenvalue weighted by atomic mass is 16.2. The molecular formula is C10H22N4O. The normalized spacial score (nSPS) is 19.0. The van der Waals surface area contributed by atoms with E-state index in [0.29, 0.717) is 6.54 Å². The third kappa shape index (κ3) is 5.59. The van der Waals surface area contributed by atoms with Crippen LogP contribution >= 0.6 is 0 Å². The number of piperidine rings is 1. The van der Waals surface area contributed by atoms with Gasteiger partial charge in [-0.25, -0.2) is 4.79 Å². The summed E-state index contributed by atoms with van der Waals surface area (Å²) in [4.78, 5) is 12.7. The SMILES string of the molecule is CN1CCC(CNCCNC(N)=O)CC1. The van der Waals surface area contributed by atoms with Gasteiger partial charge in [-0.15, -0.1) is 0 Å². The summed E-state index contributed by atoms with van der Waals surface area (Å²) in [5.74, 6) is 0.787. The molecule has 0 spiro atoms. The van der Waals surface area contributed by atoms with Crippen LogP contribution in [0.25, 0.3) is 0 Å². The second-order valence-corrected chi connectivity index (χ2v) is 4.24. The first kappa shape index (κ1) is 12.3. The summed E-state index contributed by atoms with van der Waals surface area (Å²) in [7, 11) is 2.17. The Morgan fingerprint density at radius 1 is 1.40 bits per heavy atom. The third-order valence-electron chi connectivity index (χ3n) is 2.87. The van der Waals surface area contributed by atoms with Gasteiger partial charge in [0.2, 0.25) is 0 Å². The molecule has 5 nitrogen and oxygen atoms in total. The topological polar surface area (TPSA) is 70.4 Å². The van der Waals surface area contributed by atoms with Crippen molar-refractivity contribution >= 4 is 6.03 Å². The van der Waals surface area contributed by atoms with Crippen LogP contribution in [0.3, 0.4) is 0 Å². The van der Waals surface area contributed by atoms with Crippen LogP contribution in [0.2, 0.25) is 0 Å². The maximum Gasteiger partial charge on any atom is 0.312 e. The maximum atomic E-state index is 10.4. The number of likely N-dealkylation sites (tertiary alicyclic amines) is 1. The molecule has 0 unspecified atom stereocenters. The monoisotopic (exact) mass is 214 g/mol. The van der Waals surface area contributed by atoms with Crippen molar-refractivity contribution in [2.24, 2.45) is 11.7 Å². The van der Waals surface area contributed by atoms with E-state index in [1.807, 2.05) is 0 Å². The maximum absolute atomic E-state index is 10.4. The molecule has 2 amide bonds. The van der Waals surface area contributed by atoms with Gasteiger partial charge in [-0.1, -0.05) is 0 Å². The third-order valence-corrected chi connectivity index (χ3v) is 2.87. The Morgan fingerprint density at radius 3 is 2.67 bits per heavy atom. The molecule has 5 heteroatoms. The zero-order chi connectivity index (χ0) is 11.1. The minimum atomic E-state index is -0.448. The van der Waals surface area contributed by atoms with E-state index in [1.165, 1.54) is 25.9 Å². The number of carbonyl (C=O) groups is 1. The molecule has 1 fully saturated rings. The van der Waals surface area contributed by atoms with Crippen LogP contribution in [-0.4, -0.2) is 50.7 Å². The molecule has 1 aliphatic rings. The first-order valence-electron chi connectivity index (χ1n) is 5.61. The summed E-state index contributed by atoms with van der Waals surface area (Å²) in [6, 6.07) is -0.448. The fourth-order valence-electron chi connectivity index (χ4n) is 1.85. The minimum Gasteiger partial charge on any atom is -0.352 e. The number of hydrogen-bond acceptors (Lipinski definition) is 3. The van der Waals surface area contributed by atoms with Gasteiger partial charge in [0, 0.05) is 13.1 Å². The Kier molecular flexibility index (Phi) is 5.42. The predicted octanol–water partition coefficient (Wildman–Crippen LogP) is -0.414. The number of primary amides is 1. The van der Waals surface area contributed by atoms with E-state index in [0.717, 1.165) is 19.0 Å². The van der Waals surface area contributed by atoms with Crippen LogP contribution in [0.4, 0.5) is 4.79 Å². The zero-order valence-electron chi connectivity index (χ0n) is 9.46. The number of rotatable bonds is 5. The molecule has 4 N–H and O–H groups in total. The molecule has 0 radical (unpaired) electrons. The van der Waals surface area contributed by atoms with Crippen LogP contribution in [0.15, 0.2) is 0 Å². The molecule has 88 valence electrons. The minimum absolute atomic E-state index is 0.448. The average molecular weight is 214 g/mol. The molecule has 0 bridgehead atoms. The second kappa shape index (κ2) is 6.63. The Morgan fingerprint density at radius 2 is 2.07 bits per heavy atom. The lowest BCUT2D eigenvalue weighted by Crippen LogP contribution is -2.39.